The van der Waals surface area contributed by atoms with Crippen LogP contribution in [0, 0.1) is 12.7 Å². The average molecular weight is 248 g/mol. The van der Waals surface area contributed by atoms with Crippen LogP contribution in [0.5, 0.6) is 0 Å². The van der Waals surface area contributed by atoms with Crippen molar-refractivity contribution in [3.63, 3.8) is 0 Å². The molecule has 2 aromatic rings. The maximum atomic E-state index is 13.3. The molecule has 5 heteroatoms. The lowest BCUT2D eigenvalue weighted by Gasteiger charge is -2.04. The van der Waals surface area contributed by atoms with E-state index in [1.54, 1.807) is 6.07 Å². The lowest BCUT2D eigenvalue weighted by Crippen LogP contribution is -2.15. The second-order valence-corrected chi connectivity index (χ2v) is 4.34. The molecule has 0 aliphatic heterocycles. The van der Waals surface area contributed by atoms with Gasteiger partial charge in [-0.25, -0.2) is 14.1 Å². The minimum absolute atomic E-state index is 0.307. The highest BCUT2D eigenvalue weighted by molar-refractivity contribution is 5.73. The zero-order chi connectivity index (χ0) is 13.3. The highest BCUT2D eigenvalue weighted by Gasteiger charge is 2.16. The summed E-state index contributed by atoms with van der Waals surface area (Å²) in [6.07, 6.45) is 1.67. The third kappa shape index (κ3) is 2.03. The molecule has 1 heterocycles. The number of nitrogen functional groups attached to an aromatic ring is 2. The molecule has 0 aliphatic rings. The predicted molar refractivity (Wildman–Crippen MR) is 70.9 cm³/mol. The first-order valence-electron chi connectivity index (χ1n) is 5.93. The molecule has 4 nitrogen and oxygen atoms in total. The van der Waals surface area contributed by atoms with Crippen molar-refractivity contribution in [2.45, 2.75) is 26.7 Å². The van der Waals surface area contributed by atoms with Crippen molar-refractivity contribution < 1.29 is 4.39 Å². The fraction of sp³-hybridized carbons (Fsp3) is 0.308. The summed E-state index contributed by atoms with van der Waals surface area (Å²) >= 11 is 0. The van der Waals surface area contributed by atoms with E-state index in [9.17, 15) is 4.39 Å². The second-order valence-electron chi connectivity index (χ2n) is 4.34. The van der Waals surface area contributed by atoms with Crippen molar-refractivity contribution in [2.24, 2.45) is 0 Å². The van der Waals surface area contributed by atoms with Gasteiger partial charge in [0.05, 0.1) is 0 Å². The SMILES string of the molecule is CCCc1nc(-c2cc(F)ccc2C)c(N)n1N. The van der Waals surface area contributed by atoms with Crippen LogP contribution >= 0.6 is 0 Å². The molecule has 0 fully saturated rings. The Morgan fingerprint density at radius 3 is 2.78 bits per heavy atom. The molecule has 0 amide bonds. The number of aromatic nitrogens is 2. The standard InChI is InChI=1S/C13H17FN4/c1-3-4-11-17-12(13(15)18(11)16)10-7-9(14)6-5-8(10)2/h5-7H,3-4,15-16H2,1-2H3. The fourth-order valence-electron chi connectivity index (χ4n) is 1.94. The Bertz CT molecular complexity index is 575. The van der Waals surface area contributed by atoms with Gasteiger partial charge < -0.3 is 11.6 Å². The van der Waals surface area contributed by atoms with Gasteiger partial charge in [-0.3, -0.25) is 0 Å². The summed E-state index contributed by atoms with van der Waals surface area (Å²) in [5, 5.41) is 0. The van der Waals surface area contributed by atoms with Gasteiger partial charge in [-0.2, -0.15) is 0 Å². The second kappa shape index (κ2) is 4.68. The van der Waals surface area contributed by atoms with Gasteiger partial charge in [0, 0.05) is 12.0 Å². The van der Waals surface area contributed by atoms with Crippen LogP contribution in [0.25, 0.3) is 11.3 Å². The van der Waals surface area contributed by atoms with Gasteiger partial charge in [0.1, 0.15) is 17.3 Å². The van der Waals surface area contributed by atoms with E-state index in [4.69, 9.17) is 11.6 Å². The van der Waals surface area contributed by atoms with E-state index in [1.165, 1.54) is 16.8 Å². The van der Waals surface area contributed by atoms with Crippen LogP contribution in [0.2, 0.25) is 0 Å². The smallest absolute Gasteiger partial charge is 0.150 e. The number of aryl methyl sites for hydroxylation is 2. The van der Waals surface area contributed by atoms with E-state index >= 15 is 0 Å². The monoisotopic (exact) mass is 248 g/mol. The van der Waals surface area contributed by atoms with Crippen LogP contribution in [0.1, 0.15) is 24.7 Å². The molecule has 2 rings (SSSR count). The van der Waals surface area contributed by atoms with Gasteiger partial charge in [-0.05, 0) is 31.0 Å². The topological polar surface area (TPSA) is 69.9 Å². The minimum atomic E-state index is -0.307. The zero-order valence-corrected chi connectivity index (χ0v) is 10.6. The van der Waals surface area contributed by atoms with E-state index in [-0.39, 0.29) is 5.82 Å². The average Bonchev–Trinajstić information content (AvgIpc) is 2.61. The molecule has 1 aromatic heterocycles. The Morgan fingerprint density at radius 2 is 2.11 bits per heavy atom. The third-order valence-electron chi connectivity index (χ3n) is 2.95. The Morgan fingerprint density at radius 1 is 1.39 bits per heavy atom. The van der Waals surface area contributed by atoms with E-state index in [0.29, 0.717) is 22.9 Å². The molecular formula is C13H17FN4. The molecule has 0 saturated heterocycles. The van der Waals surface area contributed by atoms with Crippen LogP contribution in [0.3, 0.4) is 0 Å². The number of hydrogen-bond donors (Lipinski definition) is 2. The summed E-state index contributed by atoms with van der Waals surface area (Å²) in [5.74, 6) is 6.63. The Kier molecular flexibility index (Phi) is 3.23. The normalized spacial score (nSPS) is 10.8. The lowest BCUT2D eigenvalue weighted by molar-refractivity contribution is 0.628. The first kappa shape index (κ1) is 12.4. The predicted octanol–water partition coefficient (Wildman–Crippen LogP) is 2.25. The minimum Gasteiger partial charge on any atom is -0.382 e. The van der Waals surface area contributed by atoms with Crippen LogP contribution < -0.4 is 11.6 Å². The number of anilines is 1. The molecule has 0 bridgehead atoms. The molecule has 0 unspecified atom stereocenters. The number of halogens is 1. The molecular weight excluding hydrogens is 231 g/mol. The van der Waals surface area contributed by atoms with Crippen molar-refractivity contribution in [1.82, 2.24) is 9.66 Å². The van der Waals surface area contributed by atoms with Crippen LogP contribution in [-0.2, 0) is 6.42 Å². The van der Waals surface area contributed by atoms with E-state index in [2.05, 4.69) is 4.98 Å². The summed E-state index contributed by atoms with van der Waals surface area (Å²) in [6.45, 7) is 3.93. The summed E-state index contributed by atoms with van der Waals surface area (Å²) in [7, 11) is 0. The van der Waals surface area contributed by atoms with Crippen LogP contribution in [-0.4, -0.2) is 9.66 Å². The summed E-state index contributed by atoms with van der Waals surface area (Å²) in [5.41, 5.74) is 8.10. The van der Waals surface area contributed by atoms with Gasteiger partial charge >= 0.3 is 0 Å². The van der Waals surface area contributed by atoms with Crippen LogP contribution in [0.4, 0.5) is 10.2 Å². The zero-order valence-electron chi connectivity index (χ0n) is 10.6. The Balaban J connectivity index is 2.57. The Labute approximate surface area is 105 Å². The van der Waals surface area contributed by atoms with Crippen molar-refractivity contribution in [1.29, 1.82) is 0 Å². The largest absolute Gasteiger partial charge is 0.382 e. The lowest BCUT2D eigenvalue weighted by atomic mass is 10.1. The summed E-state index contributed by atoms with van der Waals surface area (Å²) < 4.78 is 14.7. The molecule has 0 radical (unpaired) electrons. The summed E-state index contributed by atoms with van der Waals surface area (Å²) in [6, 6.07) is 4.56. The number of benzene rings is 1. The van der Waals surface area contributed by atoms with Gasteiger partial charge in [0.25, 0.3) is 0 Å². The first-order valence-corrected chi connectivity index (χ1v) is 5.93. The maximum Gasteiger partial charge on any atom is 0.150 e. The van der Waals surface area contributed by atoms with Gasteiger partial charge in [0.15, 0.2) is 5.82 Å². The number of rotatable bonds is 3. The number of hydrogen-bond acceptors (Lipinski definition) is 3. The fourth-order valence-corrected chi connectivity index (χ4v) is 1.94. The van der Waals surface area contributed by atoms with E-state index in [0.717, 1.165) is 18.4 Å². The van der Waals surface area contributed by atoms with Crippen molar-refractivity contribution in [2.75, 3.05) is 11.6 Å². The van der Waals surface area contributed by atoms with Gasteiger partial charge in [-0.15, -0.1) is 0 Å². The van der Waals surface area contributed by atoms with Crippen molar-refractivity contribution in [3.8, 4) is 11.3 Å². The molecule has 4 N–H and O–H groups in total. The first-order chi connectivity index (χ1) is 8.54. The van der Waals surface area contributed by atoms with Crippen molar-refractivity contribution in [3.05, 3.63) is 35.4 Å². The number of imidazole rings is 1. The van der Waals surface area contributed by atoms with Gasteiger partial charge in [-0.1, -0.05) is 13.0 Å². The number of nitrogens with zero attached hydrogens (tertiary/aromatic N) is 2. The molecule has 1 aromatic carbocycles. The third-order valence-corrected chi connectivity index (χ3v) is 2.95. The molecule has 0 aliphatic carbocycles. The highest BCUT2D eigenvalue weighted by Crippen LogP contribution is 2.28. The van der Waals surface area contributed by atoms with Crippen molar-refractivity contribution >= 4 is 5.82 Å². The molecule has 0 spiro atoms. The van der Waals surface area contributed by atoms with Gasteiger partial charge in [0.2, 0.25) is 0 Å². The van der Waals surface area contributed by atoms with E-state index < -0.39 is 0 Å². The molecule has 96 valence electrons. The van der Waals surface area contributed by atoms with Crippen LogP contribution in [0.15, 0.2) is 18.2 Å². The highest BCUT2D eigenvalue weighted by atomic mass is 19.1. The number of nitrogens with two attached hydrogens (primary N) is 2. The molecule has 18 heavy (non-hydrogen) atoms. The molecule has 0 atom stereocenters. The summed E-state index contributed by atoms with van der Waals surface area (Å²) in [4.78, 5) is 4.42. The maximum absolute atomic E-state index is 13.3. The van der Waals surface area contributed by atoms with E-state index in [1.807, 2.05) is 13.8 Å². The molecule has 0 saturated carbocycles. The Hall–Kier alpha value is -2.04. The quantitative estimate of drug-likeness (QED) is 0.818.